The van der Waals surface area contributed by atoms with Gasteiger partial charge in [0.2, 0.25) is 5.88 Å². The summed E-state index contributed by atoms with van der Waals surface area (Å²) in [6.07, 6.45) is 8.66. The average molecular weight is 613 g/mol. The molecule has 0 saturated heterocycles. The van der Waals surface area contributed by atoms with Crippen LogP contribution in [0.15, 0.2) is 48.5 Å². The van der Waals surface area contributed by atoms with E-state index in [9.17, 15) is 14.4 Å². The van der Waals surface area contributed by atoms with Crippen molar-refractivity contribution < 1.29 is 19.1 Å². The summed E-state index contributed by atoms with van der Waals surface area (Å²) >= 11 is 0. The molecule has 1 aliphatic carbocycles. The number of nitrogens with zero attached hydrogens (tertiary/aromatic N) is 4. The van der Waals surface area contributed by atoms with E-state index in [1.165, 1.54) is 5.56 Å². The van der Waals surface area contributed by atoms with Gasteiger partial charge in [0.15, 0.2) is 5.69 Å². The summed E-state index contributed by atoms with van der Waals surface area (Å²) in [6, 6.07) is 14.8. The van der Waals surface area contributed by atoms with E-state index >= 15 is 0 Å². The average Bonchev–Trinajstić information content (AvgIpc) is 3.73. The molecule has 1 fully saturated rings. The number of carbonyl (C=O) groups excluding carboxylic acids is 3. The number of ether oxygens (including phenoxy) is 1. The van der Waals surface area contributed by atoms with E-state index in [1.807, 2.05) is 21.9 Å². The van der Waals surface area contributed by atoms with Crippen LogP contribution in [0.5, 0.6) is 5.88 Å². The van der Waals surface area contributed by atoms with Crippen molar-refractivity contribution in [1.82, 2.24) is 24.9 Å². The molecule has 1 aromatic heterocycles. The number of nitrogens with one attached hydrogen (secondary N) is 2. The molecule has 4 amide bonds. The highest BCUT2D eigenvalue weighted by atomic mass is 16.5. The Labute approximate surface area is 265 Å². The standard InChI is InChI=1S/C35H44N6O4/c1-3-5-17-39(18-6-4-2)34(43)30-21-32-41(38-30)31-16-15-27(37-35(44)36-26-13-9-10-14-26)20-29(31)33(42)40-22-25-12-8-7-11-24(25)19-28(40)23-45-32/h7-8,11-12,15-16,20-21,26,28H,3-6,9-10,13-14,17-19,22-23H2,1-2H3,(H2,36,37,44)/t28-/m0/s1. The fraction of sp³-hybridized carbons (Fsp3) is 0.486. The fourth-order valence-electron chi connectivity index (χ4n) is 6.62. The van der Waals surface area contributed by atoms with Crippen molar-refractivity contribution in [2.45, 2.75) is 90.3 Å². The quantitative estimate of drug-likeness (QED) is 0.311. The van der Waals surface area contributed by atoms with Crippen LogP contribution in [-0.2, 0) is 13.0 Å². The number of anilines is 1. The summed E-state index contributed by atoms with van der Waals surface area (Å²) < 4.78 is 7.97. The minimum Gasteiger partial charge on any atom is -0.475 e. The van der Waals surface area contributed by atoms with Crippen LogP contribution in [0.25, 0.3) is 5.69 Å². The van der Waals surface area contributed by atoms with Gasteiger partial charge in [-0.05, 0) is 61.4 Å². The monoisotopic (exact) mass is 612 g/mol. The highest BCUT2D eigenvalue weighted by Gasteiger charge is 2.35. The van der Waals surface area contributed by atoms with E-state index in [1.54, 1.807) is 28.9 Å². The van der Waals surface area contributed by atoms with Crippen LogP contribution < -0.4 is 15.4 Å². The van der Waals surface area contributed by atoms with Crippen LogP contribution in [0, 0.1) is 0 Å². The molecule has 0 bridgehead atoms. The molecule has 0 unspecified atom stereocenters. The molecule has 3 aromatic rings. The largest absolute Gasteiger partial charge is 0.475 e. The van der Waals surface area contributed by atoms with E-state index in [4.69, 9.17) is 9.84 Å². The number of benzene rings is 2. The van der Waals surface area contributed by atoms with Crippen molar-refractivity contribution in [2.75, 3.05) is 25.0 Å². The number of unbranched alkanes of at least 4 members (excludes halogenated alkanes) is 2. The third-order valence-electron chi connectivity index (χ3n) is 9.19. The van der Waals surface area contributed by atoms with Gasteiger partial charge < -0.3 is 25.2 Å². The Morgan fingerprint density at radius 1 is 1.00 bits per heavy atom. The maximum absolute atomic E-state index is 14.4. The molecule has 10 nitrogen and oxygen atoms in total. The lowest BCUT2D eigenvalue weighted by atomic mass is 9.93. The second-order valence-electron chi connectivity index (χ2n) is 12.5. The molecule has 1 atom stereocenters. The van der Waals surface area contributed by atoms with E-state index in [0.717, 1.165) is 56.9 Å². The number of aromatic nitrogens is 2. The molecule has 1 saturated carbocycles. The van der Waals surface area contributed by atoms with E-state index in [-0.39, 0.29) is 36.5 Å². The molecule has 10 heteroatoms. The van der Waals surface area contributed by atoms with Gasteiger partial charge in [0.05, 0.1) is 17.3 Å². The Balaban J connectivity index is 1.37. The number of rotatable bonds is 9. The summed E-state index contributed by atoms with van der Waals surface area (Å²) in [5.74, 6) is 0.107. The van der Waals surface area contributed by atoms with Crippen LogP contribution >= 0.6 is 0 Å². The lowest BCUT2D eigenvalue weighted by Crippen LogP contribution is -2.47. The normalized spacial score (nSPS) is 17.5. The van der Waals surface area contributed by atoms with Gasteiger partial charge in [-0.3, -0.25) is 9.59 Å². The van der Waals surface area contributed by atoms with Crippen LogP contribution in [-0.4, -0.2) is 69.2 Å². The lowest BCUT2D eigenvalue weighted by molar-refractivity contribution is 0.0569. The van der Waals surface area contributed by atoms with Crippen molar-refractivity contribution >= 4 is 23.5 Å². The molecule has 0 radical (unpaired) electrons. The van der Waals surface area contributed by atoms with Gasteiger partial charge in [0.25, 0.3) is 11.8 Å². The van der Waals surface area contributed by atoms with Crippen LogP contribution in [0.2, 0.25) is 0 Å². The van der Waals surface area contributed by atoms with Crippen molar-refractivity contribution in [3.8, 4) is 11.6 Å². The van der Waals surface area contributed by atoms with Crippen molar-refractivity contribution in [2.24, 2.45) is 0 Å². The van der Waals surface area contributed by atoms with Gasteiger partial charge in [0.1, 0.15) is 6.61 Å². The second-order valence-corrected chi connectivity index (χ2v) is 12.5. The topological polar surface area (TPSA) is 109 Å². The Bertz CT molecular complexity index is 1540. The number of hydrogen-bond donors (Lipinski definition) is 2. The first-order valence-electron chi connectivity index (χ1n) is 16.6. The third kappa shape index (κ3) is 6.70. The molecule has 238 valence electrons. The van der Waals surface area contributed by atoms with E-state index < -0.39 is 0 Å². The molecule has 3 heterocycles. The molecular formula is C35H44N6O4. The van der Waals surface area contributed by atoms with Gasteiger partial charge in [-0.25, -0.2) is 4.79 Å². The summed E-state index contributed by atoms with van der Waals surface area (Å²) in [7, 11) is 0. The smallest absolute Gasteiger partial charge is 0.319 e. The molecule has 2 N–H and O–H groups in total. The maximum atomic E-state index is 14.4. The molecule has 0 spiro atoms. The second kappa shape index (κ2) is 13.7. The zero-order valence-corrected chi connectivity index (χ0v) is 26.4. The lowest BCUT2D eigenvalue weighted by Gasteiger charge is -2.36. The highest BCUT2D eigenvalue weighted by molar-refractivity contribution is 6.01. The van der Waals surface area contributed by atoms with Gasteiger partial charge in [-0.15, -0.1) is 0 Å². The molecular weight excluding hydrogens is 568 g/mol. The highest BCUT2D eigenvalue weighted by Crippen LogP contribution is 2.32. The van der Waals surface area contributed by atoms with Crippen LogP contribution in [0.1, 0.15) is 97.2 Å². The first-order chi connectivity index (χ1) is 21.9. The summed E-state index contributed by atoms with van der Waals surface area (Å²) in [5, 5.41) is 10.7. The Hall–Kier alpha value is -4.34. The maximum Gasteiger partial charge on any atom is 0.319 e. The summed E-state index contributed by atoms with van der Waals surface area (Å²) in [5.41, 5.74) is 4.00. The zero-order chi connectivity index (χ0) is 31.3. The Morgan fingerprint density at radius 2 is 1.73 bits per heavy atom. The van der Waals surface area contributed by atoms with Gasteiger partial charge in [-0.1, -0.05) is 63.8 Å². The van der Waals surface area contributed by atoms with Gasteiger partial charge in [-0.2, -0.15) is 9.78 Å². The first kappa shape index (κ1) is 30.7. The number of hydrogen-bond acceptors (Lipinski definition) is 5. The Morgan fingerprint density at radius 3 is 2.47 bits per heavy atom. The van der Waals surface area contributed by atoms with Crippen molar-refractivity contribution in [3.63, 3.8) is 0 Å². The summed E-state index contributed by atoms with van der Waals surface area (Å²) in [4.78, 5) is 44.7. The van der Waals surface area contributed by atoms with Gasteiger partial charge in [0, 0.05) is 37.4 Å². The molecule has 45 heavy (non-hydrogen) atoms. The van der Waals surface area contributed by atoms with E-state index in [0.29, 0.717) is 54.6 Å². The molecule has 2 aliphatic heterocycles. The fourth-order valence-corrected chi connectivity index (χ4v) is 6.62. The first-order valence-corrected chi connectivity index (χ1v) is 16.6. The predicted octanol–water partition coefficient (Wildman–Crippen LogP) is 5.94. The summed E-state index contributed by atoms with van der Waals surface area (Å²) in [6.45, 7) is 6.29. The molecule has 3 aliphatic rings. The van der Waals surface area contributed by atoms with Crippen molar-refractivity contribution in [1.29, 1.82) is 0 Å². The minimum absolute atomic E-state index is 0.138. The zero-order valence-electron chi connectivity index (χ0n) is 26.4. The number of urea groups is 1. The van der Waals surface area contributed by atoms with Crippen LogP contribution in [0.4, 0.5) is 10.5 Å². The van der Waals surface area contributed by atoms with E-state index in [2.05, 4.69) is 36.6 Å². The van der Waals surface area contributed by atoms with Gasteiger partial charge >= 0.3 is 6.03 Å². The van der Waals surface area contributed by atoms with Crippen LogP contribution in [0.3, 0.4) is 0 Å². The SMILES string of the molecule is CCCCN(CCCC)C(=O)c1cc2n(n1)-c1ccc(NC(=O)NC3CCCC3)cc1C(=O)N1Cc3ccccc3C[C@H]1CO2. The Kier molecular flexibility index (Phi) is 9.37. The number of amides is 4. The molecule has 6 rings (SSSR count). The minimum atomic E-state index is -0.280. The third-order valence-corrected chi connectivity index (χ3v) is 9.19. The number of carbonyl (C=O) groups is 3. The predicted molar refractivity (Wildman–Crippen MR) is 173 cm³/mol. The number of fused-ring (bicyclic) bond motifs is 5. The molecule has 2 aromatic carbocycles. The van der Waals surface area contributed by atoms with Crippen molar-refractivity contribution in [3.05, 3.63) is 70.9 Å².